The number of benzene rings is 1. The van der Waals surface area contributed by atoms with Gasteiger partial charge in [0.15, 0.2) is 0 Å². The molecule has 1 fully saturated rings. The maximum absolute atomic E-state index is 13.0. The molecule has 2 atom stereocenters. The molecule has 1 saturated heterocycles. The van der Waals surface area contributed by atoms with Gasteiger partial charge in [-0.15, -0.1) is 0 Å². The van der Waals surface area contributed by atoms with E-state index in [4.69, 9.17) is 9.84 Å². The highest BCUT2D eigenvalue weighted by atomic mass is 19.4. The zero-order valence-corrected chi connectivity index (χ0v) is 14.6. The minimum Gasteiger partial charge on any atom is -0.493 e. The van der Waals surface area contributed by atoms with Crippen LogP contribution in [-0.2, 0) is 16.0 Å². The molecule has 1 aromatic carbocycles. The largest absolute Gasteiger partial charge is 0.493 e. The van der Waals surface area contributed by atoms with Gasteiger partial charge in [-0.25, -0.2) is 0 Å². The normalized spacial score (nSPS) is 20.5. The summed E-state index contributed by atoms with van der Waals surface area (Å²) in [6, 6.07) is 6.76. The molecule has 144 valence electrons. The second-order valence-corrected chi connectivity index (χ2v) is 6.92. The summed E-state index contributed by atoms with van der Waals surface area (Å²) in [5, 5.41) is 9.00. The second-order valence-electron chi connectivity index (χ2n) is 6.92. The summed E-state index contributed by atoms with van der Waals surface area (Å²) in [4.78, 5) is 24.4. The molecule has 0 aliphatic carbocycles. The maximum atomic E-state index is 13.0. The molecule has 0 radical (unpaired) electrons. The molecule has 0 bridgehead atoms. The average molecular weight is 373 g/mol. The van der Waals surface area contributed by atoms with E-state index in [9.17, 15) is 22.8 Å². The van der Waals surface area contributed by atoms with E-state index in [1.165, 1.54) is 0 Å². The number of hydrogen-bond donors (Lipinski definition) is 1. The first-order chi connectivity index (χ1) is 12.1. The predicted octanol–water partition coefficient (Wildman–Crippen LogP) is 2.99. The number of nitrogens with zero attached hydrogens (tertiary/aromatic N) is 1. The van der Waals surface area contributed by atoms with Gasteiger partial charge < -0.3 is 14.7 Å². The van der Waals surface area contributed by atoms with Crippen molar-refractivity contribution < 1.29 is 32.6 Å². The summed E-state index contributed by atoms with van der Waals surface area (Å²) in [5.74, 6) is -4.68. The molecule has 1 aliphatic rings. The third kappa shape index (κ3) is 5.12. The number of carboxylic acid groups (broad SMARTS) is 1. The van der Waals surface area contributed by atoms with Crippen LogP contribution < -0.4 is 4.74 Å². The number of rotatable bonds is 6. The lowest BCUT2D eigenvalue weighted by atomic mass is 9.96. The molecule has 0 spiro atoms. The smallest absolute Gasteiger partial charge is 0.394 e. The molecular formula is C18H22F3NO4. The average Bonchev–Trinajstić information content (AvgIpc) is 3.00. The van der Waals surface area contributed by atoms with E-state index >= 15 is 0 Å². The van der Waals surface area contributed by atoms with Crippen LogP contribution in [0.4, 0.5) is 13.2 Å². The van der Waals surface area contributed by atoms with Crippen molar-refractivity contribution in [3.63, 3.8) is 0 Å². The van der Waals surface area contributed by atoms with Crippen LogP contribution in [0.5, 0.6) is 5.75 Å². The van der Waals surface area contributed by atoms with Crippen molar-refractivity contribution in [2.45, 2.75) is 26.4 Å². The highest BCUT2D eigenvalue weighted by Crippen LogP contribution is 2.37. The Bertz CT molecular complexity index is 643. The standard InChI is InChI=1S/C18H22F3NO4/c1-11(2)10-26-13-5-3-12(4-6-13)7-16(23)22-8-14(17(24)25)15(9-22)18(19,20)21/h3-6,11,14-15H,7-10H2,1-2H3,(H,24,25)/t14-,15-/m1/s1. The number of carbonyl (C=O) groups excluding carboxylic acids is 1. The molecule has 1 aliphatic heterocycles. The molecule has 1 aromatic rings. The molecule has 26 heavy (non-hydrogen) atoms. The van der Waals surface area contributed by atoms with Gasteiger partial charge in [-0.1, -0.05) is 26.0 Å². The number of ether oxygens (including phenoxy) is 1. The van der Waals surface area contributed by atoms with E-state index in [2.05, 4.69) is 0 Å². The van der Waals surface area contributed by atoms with Crippen LogP contribution in [0.3, 0.4) is 0 Å². The van der Waals surface area contributed by atoms with Crippen LogP contribution in [0.15, 0.2) is 24.3 Å². The Kier molecular flexibility index (Phi) is 6.15. The number of halogens is 3. The van der Waals surface area contributed by atoms with E-state index in [1.807, 2.05) is 13.8 Å². The van der Waals surface area contributed by atoms with Gasteiger partial charge in [-0.3, -0.25) is 9.59 Å². The Labute approximate surface area is 149 Å². The minimum absolute atomic E-state index is 0.0820. The lowest BCUT2D eigenvalue weighted by Crippen LogP contribution is -2.34. The van der Waals surface area contributed by atoms with Crippen LogP contribution in [0.2, 0.25) is 0 Å². The molecule has 0 saturated carbocycles. The van der Waals surface area contributed by atoms with Gasteiger partial charge in [-0.05, 0) is 23.6 Å². The number of carbonyl (C=O) groups is 2. The predicted molar refractivity (Wildman–Crippen MR) is 87.7 cm³/mol. The van der Waals surface area contributed by atoms with Gasteiger partial charge in [0.25, 0.3) is 0 Å². The number of amides is 1. The molecule has 2 rings (SSSR count). The van der Waals surface area contributed by atoms with E-state index in [0.29, 0.717) is 23.8 Å². The molecule has 0 aromatic heterocycles. The maximum Gasteiger partial charge on any atom is 0.394 e. The lowest BCUT2D eigenvalue weighted by Gasteiger charge is -2.18. The first-order valence-corrected chi connectivity index (χ1v) is 8.37. The highest BCUT2D eigenvalue weighted by molar-refractivity contribution is 5.81. The summed E-state index contributed by atoms with van der Waals surface area (Å²) in [6.07, 6.45) is -4.73. The van der Waals surface area contributed by atoms with E-state index < -0.39 is 43.0 Å². The topological polar surface area (TPSA) is 66.8 Å². The fourth-order valence-electron chi connectivity index (χ4n) is 2.84. The highest BCUT2D eigenvalue weighted by Gasteiger charge is 2.53. The van der Waals surface area contributed by atoms with Gasteiger partial charge in [-0.2, -0.15) is 13.2 Å². The van der Waals surface area contributed by atoms with Crippen LogP contribution in [0, 0.1) is 17.8 Å². The summed E-state index contributed by atoms with van der Waals surface area (Å²) >= 11 is 0. The first-order valence-electron chi connectivity index (χ1n) is 8.37. The van der Waals surface area contributed by atoms with Crippen molar-refractivity contribution in [1.29, 1.82) is 0 Å². The van der Waals surface area contributed by atoms with Crippen LogP contribution in [-0.4, -0.2) is 47.8 Å². The van der Waals surface area contributed by atoms with Gasteiger partial charge in [0.05, 0.1) is 24.9 Å². The number of likely N-dealkylation sites (tertiary alicyclic amines) is 1. The number of carboxylic acids is 1. The molecule has 0 unspecified atom stereocenters. The summed E-state index contributed by atoms with van der Waals surface area (Å²) in [7, 11) is 0. The molecular weight excluding hydrogens is 351 g/mol. The SMILES string of the molecule is CC(C)COc1ccc(CC(=O)N2C[C@@H](C(F)(F)F)[C@H](C(=O)O)C2)cc1. The molecule has 8 heteroatoms. The molecule has 1 amide bonds. The van der Waals surface area contributed by atoms with Crippen molar-refractivity contribution in [3.8, 4) is 5.75 Å². The van der Waals surface area contributed by atoms with Gasteiger partial charge in [0.1, 0.15) is 5.75 Å². The van der Waals surface area contributed by atoms with Crippen molar-refractivity contribution in [3.05, 3.63) is 29.8 Å². The van der Waals surface area contributed by atoms with Crippen LogP contribution >= 0.6 is 0 Å². The Morgan fingerprint density at radius 2 is 1.85 bits per heavy atom. The van der Waals surface area contributed by atoms with Gasteiger partial charge >= 0.3 is 12.1 Å². The van der Waals surface area contributed by atoms with Crippen LogP contribution in [0.1, 0.15) is 19.4 Å². The summed E-state index contributed by atoms with van der Waals surface area (Å²) in [5.41, 5.74) is 0.634. The molecule has 1 N–H and O–H groups in total. The summed E-state index contributed by atoms with van der Waals surface area (Å²) < 4.78 is 44.5. The van der Waals surface area contributed by atoms with Crippen molar-refractivity contribution >= 4 is 11.9 Å². The van der Waals surface area contributed by atoms with E-state index in [-0.39, 0.29) is 6.42 Å². The number of alkyl halides is 3. The Morgan fingerprint density at radius 1 is 1.23 bits per heavy atom. The zero-order valence-electron chi connectivity index (χ0n) is 14.6. The first kappa shape index (κ1) is 20.1. The second kappa shape index (κ2) is 7.97. The zero-order chi connectivity index (χ0) is 19.5. The Hall–Kier alpha value is -2.25. The quantitative estimate of drug-likeness (QED) is 0.833. The van der Waals surface area contributed by atoms with Crippen molar-refractivity contribution in [2.75, 3.05) is 19.7 Å². The Balaban J connectivity index is 1.98. The Morgan fingerprint density at radius 3 is 2.31 bits per heavy atom. The van der Waals surface area contributed by atoms with Crippen molar-refractivity contribution in [2.24, 2.45) is 17.8 Å². The third-order valence-corrected chi connectivity index (χ3v) is 4.27. The van der Waals surface area contributed by atoms with Crippen LogP contribution in [0.25, 0.3) is 0 Å². The monoisotopic (exact) mass is 373 g/mol. The number of aliphatic carboxylic acids is 1. The minimum atomic E-state index is -4.65. The summed E-state index contributed by atoms with van der Waals surface area (Å²) in [6.45, 7) is 3.55. The van der Waals surface area contributed by atoms with Gasteiger partial charge in [0, 0.05) is 13.1 Å². The fraction of sp³-hybridized carbons (Fsp3) is 0.556. The fourth-order valence-corrected chi connectivity index (χ4v) is 2.84. The third-order valence-electron chi connectivity index (χ3n) is 4.27. The van der Waals surface area contributed by atoms with Crippen molar-refractivity contribution in [1.82, 2.24) is 4.90 Å². The van der Waals surface area contributed by atoms with Gasteiger partial charge in [0.2, 0.25) is 5.91 Å². The van der Waals surface area contributed by atoms with E-state index in [1.54, 1.807) is 24.3 Å². The lowest BCUT2D eigenvalue weighted by molar-refractivity contribution is -0.188. The molecule has 5 nitrogen and oxygen atoms in total. The number of hydrogen-bond acceptors (Lipinski definition) is 3. The molecule has 1 heterocycles. The van der Waals surface area contributed by atoms with E-state index in [0.717, 1.165) is 4.90 Å².